The van der Waals surface area contributed by atoms with Crippen LogP contribution in [0.15, 0.2) is 22.7 Å². The topological polar surface area (TPSA) is 9.23 Å². The fourth-order valence-electron chi connectivity index (χ4n) is 1.29. The molecule has 15 heavy (non-hydrogen) atoms. The highest BCUT2D eigenvalue weighted by Crippen LogP contribution is 2.24. The zero-order valence-corrected chi connectivity index (χ0v) is 11.3. The predicted octanol–water partition coefficient (Wildman–Crippen LogP) is 4.76. The second-order valence-corrected chi connectivity index (χ2v) is 4.56. The first-order valence-corrected chi connectivity index (χ1v) is 6.58. The van der Waals surface area contributed by atoms with E-state index in [1.165, 1.54) is 12.8 Å². The summed E-state index contributed by atoms with van der Waals surface area (Å²) in [5.41, 5.74) is 1.07. The van der Waals surface area contributed by atoms with Gasteiger partial charge in [0.05, 0.1) is 6.61 Å². The third-order valence-corrected chi connectivity index (χ3v) is 3.24. The Kier molecular flexibility index (Phi) is 6.11. The summed E-state index contributed by atoms with van der Waals surface area (Å²) in [4.78, 5) is 0. The normalized spacial score (nSPS) is 10.3. The third kappa shape index (κ3) is 4.43. The monoisotopic (exact) mass is 290 g/mol. The summed E-state index contributed by atoms with van der Waals surface area (Å²) >= 11 is 9.25. The summed E-state index contributed by atoms with van der Waals surface area (Å²) in [5, 5.41) is 0. The van der Waals surface area contributed by atoms with Crippen LogP contribution in [0.1, 0.15) is 31.7 Å². The van der Waals surface area contributed by atoms with E-state index in [9.17, 15) is 0 Å². The summed E-state index contributed by atoms with van der Waals surface area (Å²) in [7, 11) is 0. The van der Waals surface area contributed by atoms with Gasteiger partial charge < -0.3 is 4.74 Å². The van der Waals surface area contributed by atoms with Gasteiger partial charge in [0.2, 0.25) is 0 Å². The van der Waals surface area contributed by atoms with Crippen molar-refractivity contribution in [2.24, 2.45) is 0 Å². The van der Waals surface area contributed by atoms with E-state index in [4.69, 9.17) is 16.3 Å². The van der Waals surface area contributed by atoms with Crippen LogP contribution < -0.4 is 4.74 Å². The van der Waals surface area contributed by atoms with E-state index in [2.05, 4.69) is 22.9 Å². The molecular formula is C12H16BrClO. The van der Waals surface area contributed by atoms with Gasteiger partial charge >= 0.3 is 0 Å². The minimum atomic E-state index is 0.507. The molecule has 0 radical (unpaired) electrons. The van der Waals surface area contributed by atoms with Crippen molar-refractivity contribution in [3.8, 4) is 5.75 Å². The van der Waals surface area contributed by atoms with Crippen molar-refractivity contribution in [1.29, 1.82) is 0 Å². The van der Waals surface area contributed by atoms with Gasteiger partial charge in [0.1, 0.15) is 5.75 Å². The molecule has 1 aromatic carbocycles. The Balaban J connectivity index is 2.47. The van der Waals surface area contributed by atoms with E-state index in [1.54, 1.807) is 0 Å². The molecule has 0 aliphatic rings. The number of benzene rings is 1. The molecule has 0 N–H and O–H groups in total. The quantitative estimate of drug-likeness (QED) is 0.542. The van der Waals surface area contributed by atoms with Crippen molar-refractivity contribution in [3.63, 3.8) is 0 Å². The molecule has 0 amide bonds. The van der Waals surface area contributed by atoms with Crippen LogP contribution in [-0.4, -0.2) is 6.61 Å². The summed E-state index contributed by atoms with van der Waals surface area (Å²) in [5.74, 6) is 1.41. The van der Waals surface area contributed by atoms with Crippen molar-refractivity contribution < 1.29 is 4.74 Å². The molecule has 1 aromatic rings. The van der Waals surface area contributed by atoms with Crippen molar-refractivity contribution >= 4 is 27.5 Å². The Morgan fingerprint density at radius 3 is 2.80 bits per heavy atom. The number of hydrogen-bond acceptors (Lipinski definition) is 1. The first kappa shape index (κ1) is 12.9. The van der Waals surface area contributed by atoms with E-state index in [1.807, 2.05) is 18.2 Å². The van der Waals surface area contributed by atoms with Crippen LogP contribution in [0.4, 0.5) is 0 Å². The number of ether oxygens (including phenoxy) is 1. The minimum absolute atomic E-state index is 0.507. The molecule has 0 unspecified atom stereocenters. The van der Waals surface area contributed by atoms with Gasteiger partial charge in [0.15, 0.2) is 0 Å². The molecule has 84 valence electrons. The number of hydrogen-bond donors (Lipinski definition) is 0. The SMILES string of the molecule is CCCCCOc1ccc(Br)c(CCl)c1. The molecule has 0 aromatic heterocycles. The van der Waals surface area contributed by atoms with Gasteiger partial charge in [-0.2, -0.15) is 0 Å². The van der Waals surface area contributed by atoms with Crippen LogP contribution in [0.3, 0.4) is 0 Å². The Morgan fingerprint density at radius 1 is 1.33 bits per heavy atom. The van der Waals surface area contributed by atoms with Crippen LogP contribution in [-0.2, 0) is 5.88 Å². The van der Waals surface area contributed by atoms with Crippen LogP contribution in [0, 0.1) is 0 Å². The van der Waals surface area contributed by atoms with E-state index in [0.29, 0.717) is 5.88 Å². The van der Waals surface area contributed by atoms with Gasteiger partial charge in [-0.05, 0) is 30.2 Å². The van der Waals surface area contributed by atoms with Gasteiger partial charge in [-0.25, -0.2) is 0 Å². The molecule has 0 saturated carbocycles. The largest absolute Gasteiger partial charge is 0.494 e. The average molecular weight is 292 g/mol. The molecule has 0 saturated heterocycles. The Hall–Kier alpha value is -0.210. The highest BCUT2D eigenvalue weighted by atomic mass is 79.9. The lowest BCUT2D eigenvalue weighted by molar-refractivity contribution is 0.306. The van der Waals surface area contributed by atoms with Gasteiger partial charge in [-0.3, -0.25) is 0 Å². The maximum atomic E-state index is 5.80. The van der Waals surface area contributed by atoms with Gasteiger partial charge in [-0.15, -0.1) is 11.6 Å². The number of halogens is 2. The Labute approximate surface area is 105 Å². The maximum absolute atomic E-state index is 5.80. The second-order valence-electron chi connectivity index (χ2n) is 3.44. The second kappa shape index (κ2) is 7.13. The molecule has 0 heterocycles. The molecule has 0 aliphatic carbocycles. The van der Waals surface area contributed by atoms with Crippen molar-refractivity contribution in [2.45, 2.75) is 32.1 Å². The number of rotatable bonds is 6. The van der Waals surface area contributed by atoms with E-state index in [-0.39, 0.29) is 0 Å². The molecule has 0 fully saturated rings. The molecule has 0 aliphatic heterocycles. The third-order valence-electron chi connectivity index (χ3n) is 2.18. The average Bonchev–Trinajstić information content (AvgIpc) is 2.26. The molecule has 0 spiro atoms. The highest BCUT2D eigenvalue weighted by molar-refractivity contribution is 9.10. The summed E-state index contributed by atoms with van der Waals surface area (Å²) in [6.07, 6.45) is 3.55. The highest BCUT2D eigenvalue weighted by Gasteiger charge is 2.01. The van der Waals surface area contributed by atoms with Crippen LogP contribution in [0.2, 0.25) is 0 Å². The van der Waals surface area contributed by atoms with Crippen molar-refractivity contribution in [3.05, 3.63) is 28.2 Å². The fourth-order valence-corrected chi connectivity index (χ4v) is 2.05. The molecule has 1 rings (SSSR count). The lowest BCUT2D eigenvalue weighted by Crippen LogP contribution is -1.97. The smallest absolute Gasteiger partial charge is 0.119 e. The van der Waals surface area contributed by atoms with Crippen molar-refractivity contribution in [1.82, 2.24) is 0 Å². The zero-order chi connectivity index (χ0) is 11.1. The Bertz CT molecular complexity index is 302. The lowest BCUT2D eigenvalue weighted by Gasteiger charge is -2.07. The first-order chi connectivity index (χ1) is 7.27. The predicted molar refractivity (Wildman–Crippen MR) is 68.7 cm³/mol. The molecule has 1 nitrogen and oxygen atoms in total. The fraction of sp³-hybridized carbons (Fsp3) is 0.500. The Morgan fingerprint density at radius 2 is 2.13 bits per heavy atom. The standard InChI is InChI=1S/C12H16BrClO/c1-2-3-4-7-15-11-5-6-12(13)10(8-11)9-14/h5-6,8H,2-4,7,9H2,1H3. The van der Waals surface area contributed by atoms with E-state index in [0.717, 1.165) is 28.8 Å². The summed E-state index contributed by atoms with van der Waals surface area (Å²) in [6.45, 7) is 2.97. The van der Waals surface area contributed by atoms with Crippen molar-refractivity contribution in [2.75, 3.05) is 6.61 Å². The number of alkyl halides is 1. The van der Waals surface area contributed by atoms with Crippen LogP contribution in [0.5, 0.6) is 5.75 Å². The summed E-state index contributed by atoms with van der Waals surface area (Å²) in [6, 6.07) is 5.93. The summed E-state index contributed by atoms with van der Waals surface area (Å²) < 4.78 is 6.67. The first-order valence-electron chi connectivity index (χ1n) is 5.25. The van der Waals surface area contributed by atoms with E-state index >= 15 is 0 Å². The minimum Gasteiger partial charge on any atom is -0.494 e. The molecule has 0 atom stereocenters. The maximum Gasteiger partial charge on any atom is 0.119 e. The van der Waals surface area contributed by atoms with Gasteiger partial charge in [0, 0.05) is 10.4 Å². The zero-order valence-electron chi connectivity index (χ0n) is 8.93. The molecule has 3 heteroatoms. The molecular weight excluding hydrogens is 275 g/mol. The van der Waals surface area contributed by atoms with Crippen LogP contribution >= 0.6 is 27.5 Å². The van der Waals surface area contributed by atoms with Crippen LogP contribution in [0.25, 0.3) is 0 Å². The molecule has 0 bridgehead atoms. The van der Waals surface area contributed by atoms with Gasteiger partial charge in [0.25, 0.3) is 0 Å². The number of unbranched alkanes of at least 4 members (excludes halogenated alkanes) is 2. The van der Waals surface area contributed by atoms with E-state index < -0.39 is 0 Å². The van der Waals surface area contributed by atoms with Gasteiger partial charge in [-0.1, -0.05) is 35.7 Å². The lowest BCUT2D eigenvalue weighted by atomic mass is 10.2.